The molecule has 6 rings (SSSR count). The summed E-state index contributed by atoms with van der Waals surface area (Å²) in [5.74, 6) is 0.885. The minimum Gasteiger partial charge on any atom is -0.497 e. The number of amides is 1. The van der Waals surface area contributed by atoms with Crippen molar-refractivity contribution in [1.29, 1.82) is 0 Å². The number of anilines is 1. The van der Waals surface area contributed by atoms with Crippen LogP contribution in [0.5, 0.6) is 17.2 Å². The van der Waals surface area contributed by atoms with E-state index in [1.807, 2.05) is 60.7 Å². The lowest BCUT2D eigenvalue weighted by molar-refractivity contribution is -0.165. The minimum atomic E-state index is -0.804. The molecule has 1 unspecified atom stereocenters. The molecule has 2 heterocycles. The van der Waals surface area contributed by atoms with E-state index < -0.39 is 12.4 Å². The molecule has 5 aromatic rings. The Morgan fingerprint density at radius 3 is 2.24 bits per heavy atom. The smallest absolute Gasteiger partial charge is 0.258 e. The minimum absolute atomic E-state index is 0.0296. The van der Waals surface area contributed by atoms with E-state index in [0.29, 0.717) is 41.5 Å². The van der Waals surface area contributed by atoms with Crippen LogP contribution in [0.25, 0.3) is 22.4 Å². The summed E-state index contributed by atoms with van der Waals surface area (Å²) in [6.45, 7) is 4.54. The second-order valence-electron chi connectivity index (χ2n) is 12.5. The number of halogens is 1. The summed E-state index contributed by atoms with van der Waals surface area (Å²) in [6, 6.07) is 30.7. The van der Waals surface area contributed by atoms with Gasteiger partial charge in [-0.2, -0.15) is 0 Å². The fourth-order valence-electron chi connectivity index (χ4n) is 6.57. The number of aromatic nitrogens is 1. The molecule has 1 fully saturated rings. The van der Waals surface area contributed by atoms with Crippen molar-refractivity contribution in [2.75, 3.05) is 19.5 Å². The van der Waals surface area contributed by atoms with Crippen LogP contribution in [0.3, 0.4) is 0 Å². The number of methoxy groups -OCH3 is 2. The summed E-state index contributed by atoms with van der Waals surface area (Å²) >= 11 is 0. The summed E-state index contributed by atoms with van der Waals surface area (Å²) in [4.78, 5) is 27.4. The van der Waals surface area contributed by atoms with Crippen LogP contribution in [-0.4, -0.2) is 42.9 Å². The number of carbonyl (C=O) groups is 2. The molecule has 1 aliphatic rings. The van der Waals surface area contributed by atoms with Gasteiger partial charge in [-0.3, -0.25) is 9.59 Å². The predicted molar refractivity (Wildman–Crippen MR) is 191 cm³/mol. The number of nitrogens with one attached hydrogen (secondary N) is 1. The highest BCUT2D eigenvalue weighted by Gasteiger charge is 2.33. The molecule has 0 spiro atoms. The highest BCUT2D eigenvalue weighted by molar-refractivity contribution is 6.12. The molecule has 0 bridgehead atoms. The van der Waals surface area contributed by atoms with Gasteiger partial charge in [-0.05, 0) is 72.0 Å². The second kappa shape index (κ2) is 15.4. The maximum Gasteiger partial charge on any atom is 0.258 e. The first-order valence-corrected chi connectivity index (χ1v) is 16.8. The normalized spacial score (nSPS) is 15.9. The van der Waals surface area contributed by atoms with E-state index in [1.54, 1.807) is 37.4 Å². The molecule has 0 aliphatic carbocycles. The molecule has 9 heteroatoms. The lowest BCUT2D eigenvalue weighted by Crippen LogP contribution is -2.37. The molecule has 1 N–H and O–H groups in total. The number of rotatable bonds is 12. The van der Waals surface area contributed by atoms with E-state index in [0.717, 1.165) is 28.1 Å². The molecule has 50 heavy (non-hydrogen) atoms. The van der Waals surface area contributed by atoms with Gasteiger partial charge in [0.15, 0.2) is 11.5 Å². The molecule has 4 aromatic carbocycles. The Balaban J connectivity index is 1.40. The van der Waals surface area contributed by atoms with E-state index in [1.165, 1.54) is 19.2 Å². The van der Waals surface area contributed by atoms with Crippen molar-refractivity contribution in [3.8, 4) is 39.6 Å². The number of ketones is 1. The molecule has 258 valence electrons. The lowest BCUT2D eigenvalue weighted by atomic mass is 9.94. The van der Waals surface area contributed by atoms with Crippen LogP contribution in [0.1, 0.15) is 55.1 Å². The standard InChI is InChI=1S/C41H41FN2O6/c1-26(2)39-38(41(46)43-30-13-9-6-10-14-30)37(27-11-7-5-8-12-27)40(28-15-17-29(42)18-16-28)44(39)22-21-33-23-31(45)24-36(49-33)50-34-20-19-32(47-3)25-35(34)48-4/h5-20,25-26,33,36H,21-24H2,1-4H3,(H,43,46)/t33-,36?/m1/s1. The second-order valence-corrected chi connectivity index (χ2v) is 12.5. The Hall–Kier alpha value is -5.41. The lowest BCUT2D eigenvalue weighted by Gasteiger charge is -2.30. The van der Waals surface area contributed by atoms with Crippen molar-refractivity contribution in [3.63, 3.8) is 0 Å². The van der Waals surface area contributed by atoms with E-state index in [4.69, 9.17) is 18.9 Å². The Bertz CT molecular complexity index is 1940. The fraction of sp³-hybridized carbons (Fsp3) is 0.268. The molecule has 0 saturated carbocycles. The van der Waals surface area contributed by atoms with Gasteiger partial charge in [-0.25, -0.2) is 4.39 Å². The summed E-state index contributed by atoms with van der Waals surface area (Å²) < 4.78 is 39.7. The number of Topliss-reactive ketones (excluding diaryl/α,β-unsaturated/α-hetero) is 1. The first-order valence-electron chi connectivity index (χ1n) is 16.8. The maximum atomic E-state index is 14.4. The Kier molecular flexibility index (Phi) is 10.6. The molecule has 1 amide bonds. The summed E-state index contributed by atoms with van der Waals surface area (Å²) in [5, 5.41) is 3.11. The quantitative estimate of drug-likeness (QED) is 0.142. The van der Waals surface area contributed by atoms with Crippen molar-refractivity contribution in [2.24, 2.45) is 0 Å². The molecule has 2 atom stereocenters. The van der Waals surface area contributed by atoms with Crippen molar-refractivity contribution >= 4 is 17.4 Å². The molecule has 1 saturated heterocycles. The van der Waals surface area contributed by atoms with Gasteiger partial charge in [0.05, 0.1) is 38.0 Å². The molecular formula is C41H41FN2O6. The van der Waals surface area contributed by atoms with Gasteiger partial charge >= 0.3 is 0 Å². The largest absolute Gasteiger partial charge is 0.497 e. The highest BCUT2D eigenvalue weighted by atomic mass is 19.1. The van der Waals surface area contributed by atoms with Gasteiger partial charge in [-0.15, -0.1) is 0 Å². The SMILES string of the molecule is COc1ccc(OC2CC(=O)C[C@@H](CCn3c(-c4ccc(F)cc4)c(-c4ccccc4)c(C(=O)Nc4ccccc4)c3C(C)C)O2)c(OC)c1. The zero-order chi connectivity index (χ0) is 35.2. The predicted octanol–water partition coefficient (Wildman–Crippen LogP) is 8.90. The Labute approximate surface area is 291 Å². The average Bonchev–Trinajstić information content (AvgIpc) is 3.47. The van der Waals surface area contributed by atoms with Crippen molar-refractivity contribution in [3.05, 3.63) is 120 Å². The van der Waals surface area contributed by atoms with Crippen molar-refractivity contribution in [1.82, 2.24) is 4.57 Å². The summed E-state index contributed by atoms with van der Waals surface area (Å²) in [5.41, 5.74) is 5.21. The highest BCUT2D eigenvalue weighted by Crippen LogP contribution is 2.43. The van der Waals surface area contributed by atoms with Crippen LogP contribution in [-0.2, 0) is 16.1 Å². The van der Waals surface area contributed by atoms with Gasteiger partial charge in [-0.1, -0.05) is 62.4 Å². The van der Waals surface area contributed by atoms with Crippen molar-refractivity contribution < 1.29 is 32.9 Å². The average molecular weight is 677 g/mol. The Morgan fingerprint density at radius 2 is 1.58 bits per heavy atom. The van der Waals surface area contributed by atoms with Gasteiger partial charge in [0.25, 0.3) is 5.91 Å². The van der Waals surface area contributed by atoms with Gasteiger partial charge < -0.3 is 28.8 Å². The van der Waals surface area contributed by atoms with Crippen LogP contribution in [0.15, 0.2) is 103 Å². The molecule has 1 aromatic heterocycles. The number of ether oxygens (including phenoxy) is 4. The van der Waals surface area contributed by atoms with E-state index in [2.05, 4.69) is 23.7 Å². The number of carbonyl (C=O) groups excluding carboxylic acids is 2. The first-order chi connectivity index (χ1) is 24.2. The topological polar surface area (TPSA) is 88.0 Å². The molecule has 0 radical (unpaired) electrons. The third-order valence-electron chi connectivity index (χ3n) is 8.79. The first kappa shape index (κ1) is 34.5. The third kappa shape index (κ3) is 7.58. The van der Waals surface area contributed by atoms with Crippen LogP contribution in [0.4, 0.5) is 10.1 Å². The van der Waals surface area contributed by atoms with Gasteiger partial charge in [0, 0.05) is 36.0 Å². The van der Waals surface area contributed by atoms with E-state index >= 15 is 0 Å². The third-order valence-corrected chi connectivity index (χ3v) is 8.79. The van der Waals surface area contributed by atoms with Gasteiger partial charge in [0.2, 0.25) is 6.29 Å². The van der Waals surface area contributed by atoms with Gasteiger partial charge in [0.1, 0.15) is 17.3 Å². The van der Waals surface area contributed by atoms with E-state index in [9.17, 15) is 14.0 Å². The number of nitrogens with zero attached hydrogens (tertiary/aromatic N) is 1. The molecule has 1 aliphatic heterocycles. The Morgan fingerprint density at radius 1 is 0.880 bits per heavy atom. The van der Waals surface area contributed by atoms with Crippen LogP contribution in [0, 0.1) is 5.82 Å². The van der Waals surface area contributed by atoms with Crippen molar-refractivity contribution in [2.45, 2.75) is 58.0 Å². The summed E-state index contributed by atoms with van der Waals surface area (Å²) in [6.07, 6.45) is -0.453. The zero-order valence-electron chi connectivity index (χ0n) is 28.7. The number of hydrogen-bond acceptors (Lipinski definition) is 6. The number of hydrogen-bond donors (Lipinski definition) is 1. The molecular weight excluding hydrogens is 635 g/mol. The van der Waals surface area contributed by atoms with E-state index in [-0.39, 0.29) is 36.3 Å². The van der Waals surface area contributed by atoms with Crippen LogP contribution in [0.2, 0.25) is 0 Å². The van der Waals surface area contributed by atoms with Crippen LogP contribution < -0.4 is 19.5 Å². The number of benzene rings is 4. The number of para-hydroxylation sites is 1. The monoisotopic (exact) mass is 676 g/mol. The van der Waals surface area contributed by atoms with Crippen LogP contribution >= 0.6 is 0 Å². The fourth-order valence-corrected chi connectivity index (χ4v) is 6.57. The molecule has 8 nitrogen and oxygen atoms in total. The zero-order valence-corrected chi connectivity index (χ0v) is 28.7. The summed E-state index contributed by atoms with van der Waals surface area (Å²) in [7, 11) is 3.11. The maximum absolute atomic E-state index is 14.4.